The van der Waals surface area contributed by atoms with Gasteiger partial charge in [-0.2, -0.15) is 0 Å². The van der Waals surface area contributed by atoms with Gasteiger partial charge in [0.05, 0.1) is 0 Å². The van der Waals surface area contributed by atoms with E-state index >= 15 is 0 Å². The number of aryl methyl sites for hydroxylation is 1. The largest absolute Gasteiger partial charge is 0.508 e. The minimum absolute atomic E-state index is 0.308. The van der Waals surface area contributed by atoms with Crippen molar-refractivity contribution in [1.29, 1.82) is 0 Å². The molecule has 0 heterocycles. The second-order valence-corrected chi connectivity index (χ2v) is 3.80. The Morgan fingerprint density at radius 2 is 2.17 bits per heavy atom. The fraction of sp³-hybridized carbons (Fsp3) is 0.333. The van der Waals surface area contributed by atoms with Gasteiger partial charge < -0.3 is 5.11 Å². The van der Waals surface area contributed by atoms with E-state index in [1.54, 1.807) is 12.1 Å². The number of hydrogen-bond donors (Lipinski definition) is 1. The Hall–Kier alpha value is -0.210. The molecule has 0 aliphatic heterocycles. The molecule has 0 aliphatic rings. The molecular weight excluding hydrogens is 239 g/mol. The molecule has 0 bridgehead atoms. The Morgan fingerprint density at radius 1 is 1.42 bits per heavy atom. The number of rotatable bonds is 3. The van der Waals surface area contributed by atoms with E-state index in [1.165, 1.54) is 0 Å². The van der Waals surface area contributed by atoms with Gasteiger partial charge in [0.25, 0.3) is 0 Å². The molecule has 0 aromatic heterocycles. The van der Waals surface area contributed by atoms with Crippen LogP contribution in [0.25, 0.3) is 0 Å². The van der Waals surface area contributed by atoms with Crippen molar-refractivity contribution in [3.05, 3.63) is 28.2 Å². The van der Waals surface area contributed by atoms with Gasteiger partial charge in [0.1, 0.15) is 5.75 Å². The van der Waals surface area contributed by atoms with Crippen LogP contribution in [0.1, 0.15) is 12.0 Å². The lowest BCUT2D eigenvalue weighted by atomic mass is 10.1. The number of halogens is 2. The Morgan fingerprint density at radius 3 is 2.83 bits per heavy atom. The zero-order valence-electron chi connectivity index (χ0n) is 6.56. The van der Waals surface area contributed by atoms with Crippen LogP contribution in [0.2, 0.25) is 0 Å². The highest BCUT2D eigenvalue weighted by atomic mass is 79.9. The monoisotopic (exact) mass is 248 g/mol. The third-order valence-electron chi connectivity index (χ3n) is 1.61. The van der Waals surface area contributed by atoms with E-state index in [1.807, 2.05) is 6.07 Å². The van der Waals surface area contributed by atoms with E-state index in [2.05, 4.69) is 15.9 Å². The van der Waals surface area contributed by atoms with Crippen LogP contribution >= 0.6 is 27.5 Å². The van der Waals surface area contributed by atoms with Crippen molar-refractivity contribution >= 4 is 27.5 Å². The molecule has 1 N–H and O–H groups in total. The highest BCUT2D eigenvalue weighted by molar-refractivity contribution is 9.10. The van der Waals surface area contributed by atoms with Crippen LogP contribution in [-0.2, 0) is 6.42 Å². The number of phenolic OH excluding ortho intramolecular Hbond substituents is 1. The number of alkyl halides is 1. The first-order valence-corrected chi connectivity index (χ1v) is 5.10. The first kappa shape index (κ1) is 9.87. The second kappa shape index (κ2) is 4.73. The van der Waals surface area contributed by atoms with Crippen molar-refractivity contribution < 1.29 is 5.11 Å². The highest BCUT2D eigenvalue weighted by Crippen LogP contribution is 2.22. The van der Waals surface area contributed by atoms with Crippen molar-refractivity contribution in [3.63, 3.8) is 0 Å². The zero-order chi connectivity index (χ0) is 8.97. The Labute approximate surface area is 85.5 Å². The molecule has 1 aromatic rings. The molecule has 1 aromatic carbocycles. The summed E-state index contributed by atoms with van der Waals surface area (Å²) in [6, 6.07) is 5.27. The average Bonchev–Trinajstić information content (AvgIpc) is 2.07. The molecule has 12 heavy (non-hydrogen) atoms. The van der Waals surface area contributed by atoms with Gasteiger partial charge in [-0.3, -0.25) is 0 Å². The van der Waals surface area contributed by atoms with E-state index in [0.717, 1.165) is 22.9 Å². The molecule has 3 heteroatoms. The van der Waals surface area contributed by atoms with Gasteiger partial charge in [0.2, 0.25) is 0 Å². The first-order chi connectivity index (χ1) is 5.74. The number of phenols is 1. The predicted molar refractivity (Wildman–Crippen MR) is 54.8 cm³/mol. The molecule has 1 nitrogen and oxygen atoms in total. The number of aromatic hydroxyl groups is 1. The summed E-state index contributed by atoms with van der Waals surface area (Å²) in [6.45, 7) is 0. The summed E-state index contributed by atoms with van der Waals surface area (Å²) in [4.78, 5) is 0. The molecule has 0 saturated heterocycles. The smallest absolute Gasteiger partial charge is 0.115 e. The summed E-state index contributed by atoms with van der Waals surface area (Å²) in [5.41, 5.74) is 1.11. The molecule has 0 spiro atoms. The van der Waals surface area contributed by atoms with E-state index in [4.69, 9.17) is 11.6 Å². The zero-order valence-corrected chi connectivity index (χ0v) is 8.90. The quantitative estimate of drug-likeness (QED) is 0.815. The Bertz CT molecular complexity index is 263. The van der Waals surface area contributed by atoms with Crippen LogP contribution in [0.4, 0.5) is 0 Å². The molecule has 0 fully saturated rings. The Balaban J connectivity index is 2.75. The molecule has 0 saturated carbocycles. The first-order valence-electron chi connectivity index (χ1n) is 3.77. The van der Waals surface area contributed by atoms with Gasteiger partial charge in [0.15, 0.2) is 0 Å². The maximum absolute atomic E-state index is 9.18. The summed E-state index contributed by atoms with van der Waals surface area (Å²) in [7, 11) is 0. The van der Waals surface area contributed by atoms with E-state index in [0.29, 0.717) is 11.6 Å². The van der Waals surface area contributed by atoms with E-state index < -0.39 is 0 Å². The van der Waals surface area contributed by atoms with Crippen molar-refractivity contribution in [2.75, 3.05) is 5.88 Å². The van der Waals surface area contributed by atoms with Crippen LogP contribution in [0, 0.1) is 0 Å². The fourth-order valence-corrected chi connectivity index (χ4v) is 1.59. The third-order valence-corrected chi connectivity index (χ3v) is 2.65. The summed E-state index contributed by atoms with van der Waals surface area (Å²) in [5.74, 6) is 0.963. The van der Waals surface area contributed by atoms with Crippen LogP contribution < -0.4 is 0 Å². The van der Waals surface area contributed by atoms with Gasteiger partial charge in [-0.05, 0) is 36.6 Å². The highest BCUT2D eigenvalue weighted by Gasteiger charge is 1.99. The fourth-order valence-electron chi connectivity index (χ4n) is 1.01. The number of benzene rings is 1. The summed E-state index contributed by atoms with van der Waals surface area (Å²) in [5, 5.41) is 9.18. The van der Waals surface area contributed by atoms with E-state index in [-0.39, 0.29) is 0 Å². The molecule has 0 atom stereocenters. The lowest BCUT2D eigenvalue weighted by molar-refractivity contribution is 0.474. The lowest BCUT2D eigenvalue weighted by Gasteiger charge is -2.02. The Kier molecular flexibility index (Phi) is 3.89. The average molecular weight is 250 g/mol. The van der Waals surface area contributed by atoms with Gasteiger partial charge in [0, 0.05) is 10.4 Å². The van der Waals surface area contributed by atoms with Crippen molar-refractivity contribution in [2.45, 2.75) is 12.8 Å². The predicted octanol–water partition coefficient (Wildman–Crippen LogP) is 3.33. The van der Waals surface area contributed by atoms with Gasteiger partial charge in [-0.25, -0.2) is 0 Å². The summed E-state index contributed by atoms with van der Waals surface area (Å²) >= 11 is 8.97. The van der Waals surface area contributed by atoms with Crippen LogP contribution in [0.15, 0.2) is 22.7 Å². The maximum atomic E-state index is 9.18. The van der Waals surface area contributed by atoms with Crippen molar-refractivity contribution in [1.82, 2.24) is 0 Å². The van der Waals surface area contributed by atoms with Crippen LogP contribution in [-0.4, -0.2) is 11.0 Å². The van der Waals surface area contributed by atoms with Crippen LogP contribution in [0.5, 0.6) is 5.75 Å². The minimum Gasteiger partial charge on any atom is -0.508 e. The molecule has 0 unspecified atom stereocenters. The topological polar surface area (TPSA) is 20.2 Å². The van der Waals surface area contributed by atoms with Gasteiger partial charge >= 0.3 is 0 Å². The van der Waals surface area contributed by atoms with Crippen LogP contribution in [0.3, 0.4) is 0 Å². The second-order valence-electron chi connectivity index (χ2n) is 2.57. The molecule has 0 radical (unpaired) electrons. The number of hydrogen-bond acceptors (Lipinski definition) is 1. The van der Waals surface area contributed by atoms with Crippen molar-refractivity contribution in [3.8, 4) is 5.75 Å². The molecule has 1 rings (SSSR count). The molecule has 0 amide bonds. The SMILES string of the molecule is Oc1ccc(Br)c(CCCCl)c1. The third kappa shape index (κ3) is 2.68. The molecule has 0 aliphatic carbocycles. The standard InChI is InChI=1S/C9H10BrClO/c10-9-4-3-8(12)6-7(9)2-1-5-11/h3-4,6,12H,1-2,5H2. The van der Waals surface area contributed by atoms with Gasteiger partial charge in [-0.1, -0.05) is 15.9 Å². The molecular formula is C9H10BrClO. The van der Waals surface area contributed by atoms with E-state index in [9.17, 15) is 5.11 Å². The van der Waals surface area contributed by atoms with Gasteiger partial charge in [-0.15, -0.1) is 11.6 Å². The molecule has 66 valence electrons. The normalized spacial score (nSPS) is 10.2. The minimum atomic E-state index is 0.308. The summed E-state index contributed by atoms with van der Waals surface area (Å²) < 4.78 is 1.03. The lowest BCUT2D eigenvalue weighted by Crippen LogP contribution is -1.87. The van der Waals surface area contributed by atoms with Crippen molar-refractivity contribution in [2.24, 2.45) is 0 Å². The summed E-state index contributed by atoms with van der Waals surface area (Å²) in [6.07, 6.45) is 1.84. The maximum Gasteiger partial charge on any atom is 0.115 e.